The highest BCUT2D eigenvalue weighted by Crippen LogP contribution is 2.18. The number of ether oxygens (including phenoxy) is 1. The molecule has 12 heavy (non-hydrogen) atoms. The molecule has 1 aromatic heterocycles. The Balaban J connectivity index is 2.38. The minimum Gasteiger partial charge on any atom is -0.373 e. The summed E-state index contributed by atoms with van der Waals surface area (Å²) in [6.45, 7) is 6.85. The molecule has 3 nitrogen and oxygen atoms in total. The number of aromatic nitrogens is 2. The quantitative estimate of drug-likeness (QED) is 0.632. The van der Waals surface area contributed by atoms with Crippen molar-refractivity contribution in [1.29, 1.82) is 0 Å². The zero-order chi connectivity index (χ0) is 8.55. The van der Waals surface area contributed by atoms with Gasteiger partial charge in [-0.15, -0.1) is 0 Å². The molecule has 66 valence electrons. The van der Waals surface area contributed by atoms with E-state index in [9.17, 15) is 0 Å². The van der Waals surface area contributed by atoms with Crippen LogP contribution in [-0.2, 0) is 17.9 Å². The fourth-order valence-electron chi connectivity index (χ4n) is 1.59. The van der Waals surface area contributed by atoms with Crippen molar-refractivity contribution in [3.8, 4) is 0 Å². The Morgan fingerprint density at radius 3 is 3.17 bits per heavy atom. The van der Waals surface area contributed by atoms with E-state index < -0.39 is 0 Å². The minimum atomic E-state index is 0.511. The van der Waals surface area contributed by atoms with E-state index in [1.165, 1.54) is 11.5 Å². The average molecular weight is 166 g/mol. The molecule has 3 heteroatoms. The molecule has 0 fully saturated rings. The van der Waals surface area contributed by atoms with E-state index in [1.54, 1.807) is 0 Å². The van der Waals surface area contributed by atoms with Crippen LogP contribution in [0, 0.1) is 0 Å². The summed E-state index contributed by atoms with van der Waals surface area (Å²) in [5.41, 5.74) is 1.21. The predicted octanol–water partition coefficient (Wildman–Crippen LogP) is 1.54. The third-order valence-corrected chi connectivity index (χ3v) is 2.19. The number of hydrogen-bond donors (Lipinski definition) is 0. The second-order valence-corrected chi connectivity index (χ2v) is 3.47. The maximum Gasteiger partial charge on any atom is 0.111 e. The van der Waals surface area contributed by atoms with Gasteiger partial charge in [-0.3, -0.25) is 0 Å². The number of hydrogen-bond acceptors (Lipinski definition) is 2. The summed E-state index contributed by atoms with van der Waals surface area (Å²) in [6.07, 6.45) is 1.93. The Morgan fingerprint density at radius 2 is 2.42 bits per heavy atom. The summed E-state index contributed by atoms with van der Waals surface area (Å²) in [7, 11) is 0. The molecule has 2 heterocycles. The normalized spacial score (nSPS) is 16.6. The molecule has 0 spiro atoms. The zero-order valence-electron chi connectivity index (χ0n) is 7.58. The molecule has 0 saturated heterocycles. The molecule has 1 aliphatic rings. The first-order chi connectivity index (χ1) is 5.79. The molecular formula is C9H14N2O. The van der Waals surface area contributed by atoms with Crippen LogP contribution in [0.25, 0.3) is 0 Å². The Morgan fingerprint density at radius 1 is 1.58 bits per heavy atom. The molecule has 2 rings (SSSR count). The van der Waals surface area contributed by atoms with Gasteiger partial charge in [-0.05, 0) is 0 Å². The Hall–Kier alpha value is -0.830. The molecule has 0 atom stereocenters. The van der Waals surface area contributed by atoms with Crippen LogP contribution in [-0.4, -0.2) is 16.2 Å². The van der Waals surface area contributed by atoms with Crippen molar-refractivity contribution in [2.75, 3.05) is 6.61 Å². The number of nitrogens with zero attached hydrogens (tertiary/aromatic N) is 2. The molecule has 1 aromatic rings. The molecule has 0 radical (unpaired) electrons. The van der Waals surface area contributed by atoms with Gasteiger partial charge in [0.05, 0.1) is 25.1 Å². The van der Waals surface area contributed by atoms with Crippen LogP contribution < -0.4 is 0 Å². The molecule has 0 aliphatic carbocycles. The molecule has 1 aliphatic heterocycles. The predicted molar refractivity (Wildman–Crippen MR) is 46.0 cm³/mol. The first-order valence-electron chi connectivity index (χ1n) is 4.41. The van der Waals surface area contributed by atoms with Gasteiger partial charge in [0.15, 0.2) is 0 Å². The van der Waals surface area contributed by atoms with Crippen molar-refractivity contribution in [2.45, 2.75) is 32.9 Å². The monoisotopic (exact) mass is 166 g/mol. The Labute approximate surface area is 72.4 Å². The van der Waals surface area contributed by atoms with Gasteiger partial charge in [0.25, 0.3) is 0 Å². The van der Waals surface area contributed by atoms with E-state index in [4.69, 9.17) is 4.74 Å². The molecule has 0 saturated carbocycles. The molecule has 0 unspecified atom stereocenters. The summed E-state index contributed by atoms with van der Waals surface area (Å²) in [5, 5.41) is 0. The number of fused-ring (bicyclic) bond motifs is 1. The lowest BCUT2D eigenvalue weighted by molar-refractivity contribution is 0.0837. The lowest BCUT2D eigenvalue weighted by Crippen LogP contribution is -2.18. The summed E-state index contributed by atoms with van der Waals surface area (Å²) >= 11 is 0. The second-order valence-electron chi connectivity index (χ2n) is 3.47. The topological polar surface area (TPSA) is 27.1 Å². The number of rotatable bonds is 1. The van der Waals surface area contributed by atoms with Crippen LogP contribution in [0.15, 0.2) is 6.20 Å². The molecule has 0 aromatic carbocycles. The highest BCUT2D eigenvalue weighted by Gasteiger charge is 2.15. The van der Waals surface area contributed by atoms with E-state index in [0.717, 1.165) is 19.8 Å². The fourth-order valence-corrected chi connectivity index (χ4v) is 1.59. The van der Waals surface area contributed by atoms with E-state index in [0.29, 0.717) is 5.92 Å². The minimum absolute atomic E-state index is 0.511. The third-order valence-electron chi connectivity index (χ3n) is 2.19. The van der Waals surface area contributed by atoms with Crippen LogP contribution in [0.5, 0.6) is 0 Å². The van der Waals surface area contributed by atoms with Crippen LogP contribution >= 0.6 is 0 Å². The highest BCUT2D eigenvalue weighted by atomic mass is 16.5. The first-order valence-corrected chi connectivity index (χ1v) is 4.41. The average Bonchev–Trinajstić information content (AvgIpc) is 2.47. The first kappa shape index (κ1) is 7.80. The largest absolute Gasteiger partial charge is 0.373 e. The van der Waals surface area contributed by atoms with E-state index in [-0.39, 0.29) is 0 Å². The van der Waals surface area contributed by atoms with Crippen molar-refractivity contribution in [1.82, 2.24) is 9.55 Å². The standard InChI is InChI=1S/C9H14N2O/c1-7(2)9-10-5-8-6-12-4-3-11(8)9/h5,7H,3-4,6H2,1-2H3. The van der Waals surface area contributed by atoms with Gasteiger partial charge >= 0.3 is 0 Å². The third kappa shape index (κ3) is 1.14. The van der Waals surface area contributed by atoms with Gasteiger partial charge in [0.2, 0.25) is 0 Å². The van der Waals surface area contributed by atoms with Crippen LogP contribution in [0.1, 0.15) is 31.3 Å². The second kappa shape index (κ2) is 2.90. The van der Waals surface area contributed by atoms with E-state index in [1.807, 2.05) is 6.20 Å². The summed E-state index contributed by atoms with van der Waals surface area (Å²) in [6, 6.07) is 0. The summed E-state index contributed by atoms with van der Waals surface area (Å²) in [4.78, 5) is 4.38. The van der Waals surface area contributed by atoms with Crippen molar-refractivity contribution in [3.63, 3.8) is 0 Å². The fraction of sp³-hybridized carbons (Fsp3) is 0.667. The summed E-state index contributed by atoms with van der Waals surface area (Å²) in [5.74, 6) is 1.70. The maximum atomic E-state index is 5.33. The van der Waals surface area contributed by atoms with Crippen LogP contribution in [0.3, 0.4) is 0 Å². The smallest absolute Gasteiger partial charge is 0.111 e. The molecular weight excluding hydrogens is 152 g/mol. The zero-order valence-corrected chi connectivity index (χ0v) is 7.58. The van der Waals surface area contributed by atoms with Crippen molar-refractivity contribution in [2.24, 2.45) is 0 Å². The van der Waals surface area contributed by atoms with Gasteiger partial charge < -0.3 is 9.30 Å². The Kier molecular flexibility index (Phi) is 1.89. The van der Waals surface area contributed by atoms with Crippen molar-refractivity contribution < 1.29 is 4.74 Å². The lowest BCUT2D eigenvalue weighted by Gasteiger charge is -2.18. The van der Waals surface area contributed by atoms with Crippen molar-refractivity contribution >= 4 is 0 Å². The van der Waals surface area contributed by atoms with Gasteiger partial charge in [-0.2, -0.15) is 0 Å². The summed E-state index contributed by atoms with van der Waals surface area (Å²) < 4.78 is 7.60. The van der Waals surface area contributed by atoms with Crippen LogP contribution in [0.2, 0.25) is 0 Å². The number of imidazole rings is 1. The van der Waals surface area contributed by atoms with E-state index in [2.05, 4.69) is 23.4 Å². The van der Waals surface area contributed by atoms with E-state index >= 15 is 0 Å². The van der Waals surface area contributed by atoms with Gasteiger partial charge in [-0.1, -0.05) is 13.8 Å². The Bertz CT molecular complexity index is 278. The molecule has 0 amide bonds. The SMILES string of the molecule is CC(C)c1ncc2n1CCOC2. The molecule has 0 bridgehead atoms. The van der Waals surface area contributed by atoms with Gasteiger partial charge in [0, 0.05) is 12.5 Å². The highest BCUT2D eigenvalue weighted by molar-refractivity contribution is 5.08. The molecule has 0 N–H and O–H groups in total. The van der Waals surface area contributed by atoms with Crippen LogP contribution in [0.4, 0.5) is 0 Å². The van der Waals surface area contributed by atoms with Gasteiger partial charge in [0.1, 0.15) is 5.82 Å². The van der Waals surface area contributed by atoms with Crippen molar-refractivity contribution in [3.05, 3.63) is 17.7 Å². The van der Waals surface area contributed by atoms with Gasteiger partial charge in [-0.25, -0.2) is 4.98 Å². The lowest BCUT2D eigenvalue weighted by atomic mass is 10.2. The maximum absolute atomic E-state index is 5.33.